The van der Waals surface area contributed by atoms with Crippen LogP contribution in [0.2, 0.25) is 5.02 Å². The van der Waals surface area contributed by atoms with Gasteiger partial charge in [0, 0.05) is 17.6 Å². The number of benzene rings is 2. The summed E-state index contributed by atoms with van der Waals surface area (Å²) in [5, 5.41) is 15.2. The number of hydrogen-bond acceptors (Lipinski definition) is 7. The summed E-state index contributed by atoms with van der Waals surface area (Å²) in [7, 11) is 1.50. The summed E-state index contributed by atoms with van der Waals surface area (Å²) in [6.45, 7) is 1.44. The van der Waals surface area contributed by atoms with Crippen molar-refractivity contribution >= 4 is 40.7 Å². The minimum absolute atomic E-state index is 0.112. The zero-order chi connectivity index (χ0) is 20.1. The normalized spacial score (nSPS) is 10.5. The monoisotopic (exact) mass is 417 g/mol. The lowest BCUT2D eigenvalue weighted by Gasteiger charge is -2.08. The van der Waals surface area contributed by atoms with Crippen LogP contribution in [-0.2, 0) is 4.79 Å². The van der Waals surface area contributed by atoms with Crippen LogP contribution in [0, 0.1) is 0 Å². The molecule has 0 saturated heterocycles. The highest BCUT2D eigenvalue weighted by atomic mass is 35.5. The Morgan fingerprint density at radius 3 is 2.64 bits per heavy atom. The van der Waals surface area contributed by atoms with Crippen molar-refractivity contribution in [2.24, 2.45) is 0 Å². The molecule has 1 N–H and O–H groups in total. The number of tetrazole rings is 1. The van der Waals surface area contributed by atoms with Gasteiger partial charge < -0.3 is 10.1 Å². The van der Waals surface area contributed by atoms with Crippen LogP contribution in [-0.4, -0.2) is 44.8 Å². The van der Waals surface area contributed by atoms with Crippen molar-refractivity contribution in [2.45, 2.75) is 12.1 Å². The molecule has 0 atom stereocenters. The maximum absolute atomic E-state index is 12.6. The van der Waals surface area contributed by atoms with Crippen molar-refractivity contribution < 1.29 is 14.3 Å². The van der Waals surface area contributed by atoms with Crippen LogP contribution in [0.5, 0.6) is 5.75 Å². The van der Waals surface area contributed by atoms with Crippen LogP contribution in [0.1, 0.15) is 17.3 Å². The second kappa shape index (κ2) is 8.85. The van der Waals surface area contributed by atoms with E-state index in [-0.39, 0.29) is 17.4 Å². The Balaban J connectivity index is 1.73. The molecule has 1 aromatic heterocycles. The van der Waals surface area contributed by atoms with E-state index in [2.05, 4.69) is 20.8 Å². The molecule has 3 rings (SSSR count). The number of aromatic nitrogens is 4. The number of carbonyl (C=O) groups excluding carboxylic acids is 2. The predicted octanol–water partition coefficient (Wildman–Crippen LogP) is 3.26. The van der Waals surface area contributed by atoms with Gasteiger partial charge in [0.2, 0.25) is 11.1 Å². The third-order valence-corrected chi connectivity index (χ3v) is 4.82. The fourth-order valence-corrected chi connectivity index (χ4v) is 3.37. The largest absolute Gasteiger partial charge is 0.496 e. The van der Waals surface area contributed by atoms with Crippen LogP contribution in [0.3, 0.4) is 0 Å². The maximum atomic E-state index is 12.6. The van der Waals surface area contributed by atoms with E-state index >= 15 is 0 Å². The molecule has 0 radical (unpaired) electrons. The molecule has 3 aromatic rings. The van der Waals surface area contributed by atoms with E-state index in [1.807, 2.05) is 0 Å². The Bertz CT molecular complexity index is 1010. The molecule has 1 amide bonds. The van der Waals surface area contributed by atoms with Gasteiger partial charge in [0.1, 0.15) is 5.75 Å². The van der Waals surface area contributed by atoms with Crippen molar-refractivity contribution in [2.75, 3.05) is 18.2 Å². The number of ketones is 1. The third-order valence-electron chi connectivity index (χ3n) is 3.67. The fraction of sp³-hybridized carbons (Fsp3) is 0.167. The minimum atomic E-state index is -0.153. The molecule has 0 spiro atoms. The highest BCUT2D eigenvalue weighted by Gasteiger charge is 2.16. The molecule has 0 aliphatic carbocycles. The molecule has 10 heteroatoms. The number of ether oxygens (including phenoxy) is 1. The van der Waals surface area contributed by atoms with E-state index in [9.17, 15) is 9.59 Å². The fourth-order valence-electron chi connectivity index (χ4n) is 2.43. The van der Waals surface area contributed by atoms with E-state index in [0.29, 0.717) is 32.9 Å². The van der Waals surface area contributed by atoms with Crippen LogP contribution >= 0.6 is 23.4 Å². The number of hydrogen-bond donors (Lipinski definition) is 1. The summed E-state index contributed by atoms with van der Waals surface area (Å²) >= 11 is 7.19. The standard InChI is InChI=1S/C18H16ClN5O3S/c1-11(25)20-13-4-6-14(7-5-13)24-18(21-22-23-24)28-10-16(26)15-9-12(19)3-8-17(15)27-2/h3-9H,10H2,1-2H3,(H,20,25). The molecular weight excluding hydrogens is 402 g/mol. The molecule has 1 heterocycles. The van der Waals surface area contributed by atoms with Gasteiger partial charge in [-0.1, -0.05) is 23.4 Å². The van der Waals surface area contributed by atoms with E-state index in [0.717, 1.165) is 0 Å². The first-order valence-corrected chi connectivity index (χ1v) is 9.50. The van der Waals surface area contributed by atoms with Gasteiger partial charge >= 0.3 is 0 Å². The van der Waals surface area contributed by atoms with E-state index in [1.54, 1.807) is 42.5 Å². The van der Waals surface area contributed by atoms with Crippen LogP contribution in [0.25, 0.3) is 5.69 Å². The molecule has 2 aromatic carbocycles. The first-order chi connectivity index (χ1) is 13.5. The number of thioether (sulfide) groups is 1. The van der Waals surface area contributed by atoms with Gasteiger partial charge in [-0.15, -0.1) is 5.10 Å². The quantitative estimate of drug-likeness (QED) is 0.465. The topological polar surface area (TPSA) is 99.0 Å². The number of carbonyl (C=O) groups is 2. The predicted molar refractivity (Wildman–Crippen MR) is 107 cm³/mol. The average Bonchev–Trinajstić information content (AvgIpc) is 3.14. The molecule has 0 unspecified atom stereocenters. The number of anilines is 1. The molecule has 0 aliphatic rings. The lowest BCUT2D eigenvalue weighted by molar-refractivity contribution is -0.114. The number of nitrogens with one attached hydrogen (secondary N) is 1. The molecular formula is C18H16ClN5O3S. The zero-order valence-electron chi connectivity index (χ0n) is 15.0. The Labute approximate surface area is 170 Å². The first-order valence-electron chi connectivity index (χ1n) is 8.14. The third kappa shape index (κ3) is 4.68. The summed E-state index contributed by atoms with van der Waals surface area (Å²) in [6, 6.07) is 11.9. The van der Waals surface area contributed by atoms with E-state index < -0.39 is 0 Å². The van der Waals surface area contributed by atoms with Crippen molar-refractivity contribution in [1.82, 2.24) is 20.2 Å². The second-order valence-corrected chi connectivity index (χ2v) is 7.04. The average molecular weight is 418 g/mol. The molecule has 0 fully saturated rings. The van der Waals surface area contributed by atoms with Gasteiger partial charge in [-0.2, -0.15) is 4.68 Å². The van der Waals surface area contributed by atoms with Crippen LogP contribution in [0.4, 0.5) is 5.69 Å². The van der Waals surface area contributed by atoms with Crippen molar-refractivity contribution in [1.29, 1.82) is 0 Å². The lowest BCUT2D eigenvalue weighted by atomic mass is 10.1. The second-order valence-electron chi connectivity index (χ2n) is 5.66. The van der Waals surface area contributed by atoms with Crippen molar-refractivity contribution in [3.63, 3.8) is 0 Å². The number of nitrogens with zero attached hydrogens (tertiary/aromatic N) is 4. The van der Waals surface area contributed by atoms with Gasteiger partial charge in [0.25, 0.3) is 0 Å². The lowest BCUT2D eigenvalue weighted by Crippen LogP contribution is -2.07. The molecule has 0 aliphatic heterocycles. The van der Waals surface area contributed by atoms with Crippen molar-refractivity contribution in [3.8, 4) is 11.4 Å². The Morgan fingerprint density at radius 2 is 1.96 bits per heavy atom. The highest BCUT2D eigenvalue weighted by Crippen LogP contribution is 2.26. The number of amides is 1. The molecule has 8 nitrogen and oxygen atoms in total. The van der Waals surface area contributed by atoms with Crippen LogP contribution < -0.4 is 10.1 Å². The van der Waals surface area contributed by atoms with Gasteiger partial charge in [-0.05, 0) is 52.9 Å². The zero-order valence-corrected chi connectivity index (χ0v) is 16.6. The Kier molecular flexibility index (Phi) is 6.27. The van der Waals surface area contributed by atoms with Gasteiger partial charge in [0.15, 0.2) is 5.78 Å². The maximum Gasteiger partial charge on any atom is 0.221 e. The van der Waals surface area contributed by atoms with E-state index in [1.165, 1.54) is 30.5 Å². The summed E-state index contributed by atoms with van der Waals surface area (Å²) in [6.07, 6.45) is 0. The summed E-state index contributed by atoms with van der Waals surface area (Å²) in [5.41, 5.74) is 1.78. The molecule has 0 bridgehead atoms. The number of halogens is 1. The Hall–Kier alpha value is -2.91. The SMILES string of the molecule is COc1ccc(Cl)cc1C(=O)CSc1nnnn1-c1ccc(NC(C)=O)cc1. The van der Waals surface area contributed by atoms with E-state index in [4.69, 9.17) is 16.3 Å². The molecule has 144 valence electrons. The number of Topliss-reactive ketones (excluding diaryl/α,β-unsaturated/α-hetero) is 1. The summed E-state index contributed by atoms with van der Waals surface area (Å²) < 4.78 is 6.74. The summed E-state index contributed by atoms with van der Waals surface area (Å²) in [5.74, 6) is 0.269. The van der Waals surface area contributed by atoms with Gasteiger partial charge in [0.05, 0.1) is 24.1 Å². The van der Waals surface area contributed by atoms with Crippen molar-refractivity contribution in [3.05, 3.63) is 53.1 Å². The minimum Gasteiger partial charge on any atom is -0.496 e. The highest BCUT2D eigenvalue weighted by molar-refractivity contribution is 7.99. The first kappa shape index (κ1) is 19.8. The smallest absolute Gasteiger partial charge is 0.221 e. The molecule has 28 heavy (non-hydrogen) atoms. The number of methoxy groups -OCH3 is 1. The molecule has 0 saturated carbocycles. The van der Waals surface area contributed by atoms with Crippen LogP contribution in [0.15, 0.2) is 47.6 Å². The summed E-state index contributed by atoms with van der Waals surface area (Å²) in [4.78, 5) is 23.7. The number of rotatable bonds is 7. The van der Waals surface area contributed by atoms with Gasteiger partial charge in [-0.25, -0.2) is 0 Å². The Morgan fingerprint density at radius 1 is 1.21 bits per heavy atom. The van der Waals surface area contributed by atoms with Gasteiger partial charge in [-0.3, -0.25) is 9.59 Å².